The molecular formula is C24H25FN2O4S. The number of halogens is 1. The molecule has 0 bridgehead atoms. The number of carboxylic acids is 1. The summed E-state index contributed by atoms with van der Waals surface area (Å²) in [6.07, 6.45) is 1.08. The number of carbonyl (C=O) groups is 1. The van der Waals surface area contributed by atoms with Crippen LogP contribution in [0.1, 0.15) is 28.6 Å². The number of hydrogen-bond acceptors (Lipinski definition) is 6. The quantitative estimate of drug-likeness (QED) is 0.323. The summed E-state index contributed by atoms with van der Waals surface area (Å²) in [5.74, 6) is -1.39. The Morgan fingerprint density at radius 3 is 2.47 bits per heavy atom. The number of aromatic nitrogens is 1. The van der Waals surface area contributed by atoms with Gasteiger partial charge in [0.15, 0.2) is 0 Å². The Hall–Kier alpha value is -3.26. The van der Waals surface area contributed by atoms with E-state index >= 15 is 0 Å². The highest BCUT2D eigenvalue weighted by Crippen LogP contribution is 2.18. The van der Waals surface area contributed by atoms with E-state index in [2.05, 4.69) is 10.1 Å². The molecule has 2 aromatic carbocycles. The molecular weight excluding hydrogens is 431 g/mol. The molecule has 0 radical (unpaired) electrons. The highest BCUT2D eigenvalue weighted by molar-refractivity contribution is 7.09. The summed E-state index contributed by atoms with van der Waals surface area (Å²) in [6.45, 7) is 4.30. The van der Waals surface area contributed by atoms with E-state index in [0.29, 0.717) is 12.3 Å². The second-order valence-corrected chi connectivity index (χ2v) is 8.27. The summed E-state index contributed by atoms with van der Waals surface area (Å²) in [4.78, 5) is 22.5. The Labute approximate surface area is 190 Å². The van der Waals surface area contributed by atoms with Crippen molar-refractivity contribution in [1.29, 1.82) is 0 Å². The third kappa shape index (κ3) is 6.88. The van der Waals surface area contributed by atoms with Gasteiger partial charge in [-0.25, -0.2) is 9.37 Å². The van der Waals surface area contributed by atoms with Crippen molar-refractivity contribution in [2.75, 3.05) is 6.61 Å². The molecule has 1 atom stereocenters. The topological polar surface area (TPSA) is 81.0 Å². The maximum absolute atomic E-state index is 13.0. The fraction of sp³-hybridized carbons (Fsp3) is 0.292. The molecule has 8 heteroatoms. The number of oxime groups is 1. The molecule has 1 heterocycles. The minimum absolute atomic E-state index is 0.136. The first-order valence-electron chi connectivity index (χ1n) is 10.2. The van der Waals surface area contributed by atoms with Gasteiger partial charge in [-0.1, -0.05) is 29.4 Å². The van der Waals surface area contributed by atoms with E-state index in [1.165, 1.54) is 17.0 Å². The minimum atomic E-state index is -0.975. The van der Waals surface area contributed by atoms with Crippen LogP contribution in [0.2, 0.25) is 0 Å². The molecule has 3 aromatic rings. The molecule has 3 rings (SSSR count). The van der Waals surface area contributed by atoms with Gasteiger partial charge in [0.2, 0.25) is 0 Å². The van der Waals surface area contributed by atoms with Crippen LogP contribution in [0.4, 0.5) is 4.39 Å². The Balaban J connectivity index is 1.52. The summed E-state index contributed by atoms with van der Waals surface area (Å²) in [5.41, 5.74) is 4.83. The third-order valence-electron chi connectivity index (χ3n) is 4.96. The molecule has 1 N–H and O–H groups in total. The zero-order valence-electron chi connectivity index (χ0n) is 18.0. The van der Waals surface area contributed by atoms with E-state index < -0.39 is 11.9 Å². The lowest BCUT2D eigenvalue weighted by Crippen LogP contribution is -2.24. The molecule has 1 unspecified atom stereocenters. The van der Waals surface area contributed by atoms with E-state index in [-0.39, 0.29) is 18.8 Å². The number of carboxylic acid groups (broad SMARTS) is 1. The standard InChI is InChI=1S/C24H25FN2O4S/c1-16(27-31-14-19-3-7-20(25)8-4-19)22(24(28)29)13-18-5-9-21(10-6-18)30-12-11-23-17(2)26-15-32-23/h3-10,15,22H,11-14H2,1-2H3,(H,28,29). The zero-order valence-corrected chi connectivity index (χ0v) is 18.8. The minimum Gasteiger partial charge on any atom is -0.493 e. The van der Waals surface area contributed by atoms with Crippen LogP contribution in [0.15, 0.2) is 59.2 Å². The van der Waals surface area contributed by atoms with E-state index in [4.69, 9.17) is 9.57 Å². The lowest BCUT2D eigenvalue weighted by atomic mass is 9.95. The van der Waals surface area contributed by atoms with Crippen LogP contribution in [0.5, 0.6) is 5.75 Å². The maximum atomic E-state index is 13.0. The molecule has 0 saturated carbocycles. The molecule has 0 fully saturated rings. The summed E-state index contributed by atoms with van der Waals surface area (Å²) in [5, 5.41) is 13.6. The predicted octanol–water partition coefficient (Wildman–Crippen LogP) is 5.05. The number of ether oxygens (including phenoxy) is 1. The van der Waals surface area contributed by atoms with Gasteiger partial charge in [-0.2, -0.15) is 0 Å². The summed E-state index contributed by atoms with van der Waals surface area (Å²) >= 11 is 1.62. The number of aliphatic carboxylic acids is 1. The van der Waals surface area contributed by atoms with Gasteiger partial charge in [-0.15, -0.1) is 11.3 Å². The molecule has 0 saturated heterocycles. The van der Waals surface area contributed by atoms with Crippen molar-refractivity contribution in [3.05, 3.63) is 81.6 Å². The Morgan fingerprint density at radius 2 is 1.84 bits per heavy atom. The Bertz CT molecular complexity index is 1050. The van der Waals surface area contributed by atoms with Gasteiger partial charge in [0.25, 0.3) is 0 Å². The van der Waals surface area contributed by atoms with Gasteiger partial charge in [0, 0.05) is 11.3 Å². The lowest BCUT2D eigenvalue weighted by Gasteiger charge is -2.13. The Kier molecular flexibility index (Phi) is 8.33. The first-order chi connectivity index (χ1) is 15.4. The fourth-order valence-corrected chi connectivity index (χ4v) is 3.81. The van der Waals surface area contributed by atoms with Crippen molar-refractivity contribution in [1.82, 2.24) is 4.98 Å². The summed E-state index contributed by atoms with van der Waals surface area (Å²) in [7, 11) is 0. The van der Waals surface area contributed by atoms with E-state index in [1.54, 1.807) is 30.4 Å². The summed E-state index contributed by atoms with van der Waals surface area (Å²) < 4.78 is 18.7. The fourth-order valence-electron chi connectivity index (χ4n) is 3.05. The van der Waals surface area contributed by atoms with Crippen LogP contribution in [-0.4, -0.2) is 28.4 Å². The number of hydrogen-bond donors (Lipinski definition) is 1. The number of aryl methyl sites for hydroxylation is 1. The monoisotopic (exact) mass is 456 g/mol. The van der Waals surface area contributed by atoms with Crippen molar-refractivity contribution in [3.63, 3.8) is 0 Å². The van der Waals surface area contributed by atoms with Crippen LogP contribution in [0.25, 0.3) is 0 Å². The molecule has 168 valence electrons. The SMILES string of the molecule is CC(=NOCc1ccc(F)cc1)C(Cc1ccc(OCCc2scnc2C)cc1)C(=O)O. The Morgan fingerprint density at radius 1 is 1.16 bits per heavy atom. The highest BCUT2D eigenvalue weighted by Gasteiger charge is 2.22. The molecule has 0 aliphatic carbocycles. The predicted molar refractivity (Wildman–Crippen MR) is 122 cm³/mol. The van der Waals surface area contributed by atoms with Crippen molar-refractivity contribution < 1.29 is 23.9 Å². The normalized spacial score (nSPS) is 12.4. The van der Waals surface area contributed by atoms with Gasteiger partial charge < -0.3 is 14.7 Å². The second-order valence-electron chi connectivity index (χ2n) is 7.33. The zero-order chi connectivity index (χ0) is 22.9. The maximum Gasteiger partial charge on any atom is 0.312 e. The molecule has 32 heavy (non-hydrogen) atoms. The molecule has 1 aromatic heterocycles. The smallest absolute Gasteiger partial charge is 0.312 e. The number of benzene rings is 2. The van der Waals surface area contributed by atoms with Crippen LogP contribution >= 0.6 is 11.3 Å². The van der Waals surface area contributed by atoms with Crippen LogP contribution < -0.4 is 4.74 Å². The average molecular weight is 457 g/mol. The average Bonchev–Trinajstić information content (AvgIpc) is 3.18. The molecule has 0 spiro atoms. The first kappa shape index (κ1) is 23.4. The molecule has 0 aliphatic rings. The van der Waals surface area contributed by atoms with E-state index in [0.717, 1.165) is 29.0 Å². The number of rotatable bonds is 11. The second kappa shape index (κ2) is 11.4. The van der Waals surface area contributed by atoms with Crippen molar-refractivity contribution >= 4 is 23.0 Å². The van der Waals surface area contributed by atoms with Crippen LogP contribution in [-0.2, 0) is 29.1 Å². The van der Waals surface area contributed by atoms with E-state index in [9.17, 15) is 14.3 Å². The third-order valence-corrected chi connectivity index (χ3v) is 5.96. The number of nitrogens with zero attached hydrogens (tertiary/aromatic N) is 2. The van der Waals surface area contributed by atoms with Gasteiger partial charge >= 0.3 is 5.97 Å². The first-order valence-corrected chi connectivity index (χ1v) is 11.0. The molecule has 0 aliphatic heterocycles. The molecule has 0 amide bonds. The summed E-state index contributed by atoms with van der Waals surface area (Å²) in [6, 6.07) is 13.3. The van der Waals surface area contributed by atoms with Gasteiger partial charge in [-0.3, -0.25) is 4.79 Å². The van der Waals surface area contributed by atoms with Gasteiger partial charge in [0.1, 0.15) is 24.1 Å². The van der Waals surface area contributed by atoms with Crippen molar-refractivity contribution in [3.8, 4) is 5.75 Å². The number of thiazole rings is 1. The van der Waals surface area contributed by atoms with Gasteiger partial charge in [0.05, 0.1) is 23.5 Å². The van der Waals surface area contributed by atoms with Crippen molar-refractivity contribution in [2.45, 2.75) is 33.3 Å². The van der Waals surface area contributed by atoms with E-state index in [1.807, 2.05) is 36.7 Å². The van der Waals surface area contributed by atoms with Crippen molar-refractivity contribution in [2.24, 2.45) is 11.1 Å². The van der Waals surface area contributed by atoms with Gasteiger partial charge in [-0.05, 0) is 55.7 Å². The van der Waals surface area contributed by atoms with Crippen LogP contribution in [0, 0.1) is 18.7 Å². The highest BCUT2D eigenvalue weighted by atomic mass is 32.1. The lowest BCUT2D eigenvalue weighted by molar-refractivity contribution is -0.139. The molecule has 6 nitrogen and oxygen atoms in total. The largest absolute Gasteiger partial charge is 0.493 e. The van der Waals surface area contributed by atoms with Crippen LogP contribution in [0.3, 0.4) is 0 Å².